The molecule has 3 rings (SSSR count). The summed E-state index contributed by atoms with van der Waals surface area (Å²) in [5.74, 6) is 0.391. The molecule has 0 saturated carbocycles. The molecule has 134 valence electrons. The molecule has 0 unspecified atom stereocenters. The topological polar surface area (TPSA) is 50.4 Å². The van der Waals surface area contributed by atoms with Crippen molar-refractivity contribution < 1.29 is 9.52 Å². The van der Waals surface area contributed by atoms with Crippen molar-refractivity contribution in [3.8, 4) is 17.1 Å². The summed E-state index contributed by atoms with van der Waals surface area (Å²) in [7, 11) is 0. The van der Waals surface area contributed by atoms with Gasteiger partial charge in [0, 0.05) is 16.5 Å². The summed E-state index contributed by atoms with van der Waals surface area (Å²) in [5.41, 5.74) is 1.06. The molecule has 0 fully saturated rings. The molecule has 6 heteroatoms. The van der Waals surface area contributed by atoms with Gasteiger partial charge in [0.05, 0.1) is 10.0 Å². The molecule has 1 aromatic heterocycles. The van der Waals surface area contributed by atoms with Gasteiger partial charge in [-0.25, -0.2) is 4.79 Å². The van der Waals surface area contributed by atoms with Crippen LogP contribution in [0, 0.1) is 0 Å². The summed E-state index contributed by atoms with van der Waals surface area (Å²) in [5, 5.41) is 11.2. The Morgan fingerprint density at radius 3 is 2.42 bits per heavy atom. The highest BCUT2D eigenvalue weighted by molar-refractivity contribution is 7.99. The first-order chi connectivity index (χ1) is 12.4. The third-order valence-electron chi connectivity index (χ3n) is 3.85. The highest BCUT2D eigenvalue weighted by atomic mass is 35.5. The Morgan fingerprint density at radius 2 is 1.77 bits per heavy atom. The minimum Gasteiger partial charge on any atom is -0.506 e. The highest BCUT2D eigenvalue weighted by Crippen LogP contribution is 2.38. The van der Waals surface area contributed by atoms with Gasteiger partial charge in [-0.2, -0.15) is 0 Å². The molecule has 1 heterocycles. The second-order valence-corrected chi connectivity index (χ2v) is 7.90. The normalized spacial score (nSPS) is 11.1. The fraction of sp³-hybridized carbons (Fsp3) is 0.150. The van der Waals surface area contributed by atoms with Crippen LogP contribution in [-0.2, 0) is 0 Å². The van der Waals surface area contributed by atoms with E-state index in [2.05, 4.69) is 13.8 Å². The lowest BCUT2D eigenvalue weighted by Crippen LogP contribution is -2.03. The lowest BCUT2D eigenvalue weighted by molar-refractivity contribution is 0.430. The van der Waals surface area contributed by atoms with E-state index in [1.54, 1.807) is 18.2 Å². The van der Waals surface area contributed by atoms with Gasteiger partial charge in [-0.15, -0.1) is 0 Å². The average Bonchev–Trinajstić information content (AvgIpc) is 2.60. The van der Waals surface area contributed by atoms with Crippen LogP contribution in [0.3, 0.4) is 0 Å². The number of hydrogen-bond donors (Lipinski definition) is 1. The van der Waals surface area contributed by atoms with E-state index in [9.17, 15) is 9.90 Å². The van der Waals surface area contributed by atoms with Crippen molar-refractivity contribution in [3.63, 3.8) is 0 Å². The lowest BCUT2D eigenvalue weighted by Gasteiger charge is -2.12. The van der Waals surface area contributed by atoms with Crippen LogP contribution in [0.5, 0.6) is 5.75 Å². The van der Waals surface area contributed by atoms with Gasteiger partial charge >= 0.3 is 5.63 Å². The maximum absolute atomic E-state index is 12.5. The zero-order chi connectivity index (χ0) is 18.8. The summed E-state index contributed by atoms with van der Waals surface area (Å²) in [4.78, 5) is 13.5. The SMILES string of the molecule is CC(C)c1ccccc1Sc1c(O)cc(-c2ccc(Cl)c(Cl)c2)oc1=O. The zero-order valence-electron chi connectivity index (χ0n) is 14.1. The minimum absolute atomic E-state index is 0.133. The molecule has 3 nitrogen and oxygen atoms in total. The van der Waals surface area contributed by atoms with Crippen LogP contribution in [0.15, 0.2) is 67.5 Å². The fourth-order valence-electron chi connectivity index (χ4n) is 2.52. The van der Waals surface area contributed by atoms with E-state index in [0.29, 0.717) is 21.5 Å². The van der Waals surface area contributed by atoms with Gasteiger partial charge in [0.25, 0.3) is 0 Å². The third-order valence-corrected chi connectivity index (χ3v) is 5.76. The summed E-state index contributed by atoms with van der Waals surface area (Å²) < 4.78 is 5.40. The van der Waals surface area contributed by atoms with E-state index in [-0.39, 0.29) is 16.4 Å². The quantitative estimate of drug-likeness (QED) is 0.530. The van der Waals surface area contributed by atoms with Crippen molar-refractivity contribution in [1.82, 2.24) is 0 Å². The van der Waals surface area contributed by atoms with Crippen molar-refractivity contribution >= 4 is 35.0 Å². The Bertz CT molecular complexity index is 1010. The van der Waals surface area contributed by atoms with E-state index < -0.39 is 5.63 Å². The van der Waals surface area contributed by atoms with Crippen LogP contribution in [0.25, 0.3) is 11.3 Å². The molecule has 0 aliphatic carbocycles. The minimum atomic E-state index is -0.602. The second kappa shape index (κ2) is 7.78. The third kappa shape index (κ3) is 3.93. The van der Waals surface area contributed by atoms with Crippen LogP contribution in [0.1, 0.15) is 25.3 Å². The molecule has 0 amide bonds. The largest absolute Gasteiger partial charge is 0.506 e. The van der Waals surface area contributed by atoms with Crippen molar-refractivity contribution in [3.05, 3.63) is 74.6 Å². The molecule has 1 N–H and O–H groups in total. The summed E-state index contributed by atoms with van der Waals surface area (Å²) in [6, 6.07) is 14.1. The Labute approximate surface area is 165 Å². The fourth-order valence-corrected chi connectivity index (χ4v) is 3.89. The van der Waals surface area contributed by atoms with Crippen molar-refractivity contribution in [2.45, 2.75) is 29.6 Å². The first-order valence-corrected chi connectivity index (χ1v) is 9.53. The molecule has 2 aromatic carbocycles. The van der Waals surface area contributed by atoms with Crippen LogP contribution in [0.4, 0.5) is 0 Å². The Hall–Kier alpha value is -1.88. The Balaban J connectivity index is 2.01. The average molecular weight is 407 g/mol. The molecular formula is C20H16Cl2O3S. The number of aromatic hydroxyl groups is 1. The smallest absolute Gasteiger partial charge is 0.354 e. The Kier molecular flexibility index (Phi) is 5.66. The molecule has 0 aliphatic rings. The second-order valence-electron chi connectivity index (χ2n) is 6.04. The molecule has 0 aliphatic heterocycles. The predicted molar refractivity (Wildman–Crippen MR) is 107 cm³/mol. The number of rotatable bonds is 4. The molecule has 0 radical (unpaired) electrons. The molecule has 0 saturated heterocycles. The predicted octanol–water partition coefficient (Wildman–Crippen LogP) is 6.59. The number of halogens is 2. The highest BCUT2D eigenvalue weighted by Gasteiger charge is 2.17. The van der Waals surface area contributed by atoms with Gasteiger partial charge in [-0.05, 0) is 35.7 Å². The lowest BCUT2D eigenvalue weighted by atomic mass is 10.0. The van der Waals surface area contributed by atoms with Gasteiger partial charge in [0.15, 0.2) is 0 Å². The van der Waals surface area contributed by atoms with Gasteiger partial charge in [0.1, 0.15) is 16.4 Å². The van der Waals surface area contributed by atoms with E-state index >= 15 is 0 Å². The monoisotopic (exact) mass is 406 g/mol. The molecular weight excluding hydrogens is 391 g/mol. The summed E-state index contributed by atoms with van der Waals surface area (Å²) in [6.07, 6.45) is 0. The summed E-state index contributed by atoms with van der Waals surface area (Å²) in [6.45, 7) is 4.16. The van der Waals surface area contributed by atoms with Gasteiger partial charge in [-0.3, -0.25) is 0 Å². The molecule has 26 heavy (non-hydrogen) atoms. The van der Waals surface area contributed by atoms with E-state index in [1.165, 1.54) is 17.8 Å². The van der Waals surface area contributed by atoms with Gasteiger partial charge in [-0.1, -0.05) is 67.0 Å². The van der Waals surface area contributed by atoms with Crippen molar-refractivity contribution in [1.29, 1.82) is 0 Å². The maximum atomic E-state index is 12.5. The molecule has 0 bridgehead atoms. The van der Waals surface area contributed by atoms with Crippen molar-refractivity contribution in [2.75, 3.05) is 0 Å². The first kappa shape index (κ1) is 18.9. The standard InChI is InChI=1S/C20H16Cl2O3S/c1-11(2)13-5-3-4-6-18(13)26-19-16(23)10-17(25-20(19)24)12-7-8-14(21)15(22)9-12/h3-11,23H,1-2H3. The van der Waals surface area contributed by atoms with Crippen LogP contribution in [0.2, 0.25) is 10.0 Å². The van der Waals surface area contributed by atoms with Gasteiger partial charge < -0.3 is 9.52 Å². The Morgan fingerprint density at radius 1 is 1.04 bits per heavy atom. The van der Waals surface area contributed by atoms with Gasteiger partial charge in [0.2, 0.25) is 0 Å². The molecule has 0 spiro atoms. The summed E-state index contributed by atoms with van der Waals surface area (Å²) >= 11 is 13.1. The first-order valence-electron chi connectivity index (χ1n) is 7.96. The van der Waals surface area contributed by atoms with E-state index in [4.69, 9.17) is 27.6 Å². The van der Waals surface area contributed by atoms with Crippen molar-refractivity contribution in [2.24, 2.45) is 0 Å². The van der Waals surface area contributed by atoms with Crippen LogP contribution < -0.4 is 5.63 Å². The van der Waals surface area contributed by atoms with E-state index in [0.717, 1.165) is 10.5 Å². The molecule has 0 atom stereocenters. The van der Waals surface area contributed by atoms with E-state index in [1.807, 2.05) is 24.3 Å². The van der Waals surface area contributed by atoms with Crippen LogP contribution >= 0.6 is 35.0 Å². The molecule has 3 aromatic rings. The maximum Gasteiger partial charge on any atom is 0.354 e. The van der Waals surface area contributed by atoms with Crippen LogP contribution in [-0.4, -0.2) is 5.11 Å². The zero-order valence-corrected chi connectivity index (χ0v) is 16.5. The number of benzene rings is 2. The number of hydrogen-bond acceptors (Lipinski definition) is 4.